The van der Waals surface area contributed by atoms with Crippen molar-refractivity contribution in [3.8, 4) is 0 Å². The first-order valence-corrected chi connectivity index (χ1v) is 6.19. The maximum Gasteiger partial charge on any atom is 0.282 e. The van der Waals surface area contributed by atoms with Gasteiger partial charge in [-0.15, -0.1) is 11.6 Å². The Hall–Kier alpha value is -1.69. The van der Waals surface area contributed by atoms with Crippen LogP contribution in [-0.4, -0.2) is 22.2 Å². The number of amides is 1. The SMILES string of the molecule is CCC(C)(CCl)NC(=O)c1cc(F)ccc1[N+](=O)[O-]. The first-order valence-electron chi connectivity index (χ1n) is 5.65. The molecule has 1 rings (SSSR count). The number of carbonyl (C=O) groups excluding carboxylic acids is 1. The van der Waals surface area contributed by atoms with E-state index in [1.54, 1.807) is 6.92 Å². The third-order valence-corrected chi connectivity index (χ3v) is 3.48. The van der Waals surface area contributed by atoms with Crippen LogP contribution in [0.4, 0.5) is 10.1 Å². The highest BCUT2D eigenvalue weighted by molar-refractivity contribution is 6.18. The molecule has 0 heterocycles. The van der Waals surface area contributed by atoms with Crippen LogP contribution in [0, 0.1) is 15.9 Å². The minimum atomic E-state index is -0.724. The Morgan fingerprint density at radius 1 is 1.58 bits per heavy atom. The molecule has 0 aliphatic rings. The molecule has 1 atom stereocenters. The summed E-state index contributed by atoms with van der Waals surface area (Å²) in [7, 11) is 0. The minimum absolute atomic E-state index is 0.151. The zero-order chi connectivity index (χ0) is 14.6. The maximum atomic E-state index is 13.1. The third-order valence-electron chi connectivity index (χ3n) is 2.89. The van der Waals surface area contributed by atoms with Gasteiger partial charge in [-0.1, -0.05) is 6.92 Å². The molecule has 1 aromatic rings. The Bertz CT molecular complexity index is 504. The lowest BCUT2D eigenvalue weighted by Gasteiger charge is -2.26. The van der Waals surface area contributed by atoms with Gasteiger partial charge in [0.15, 0.2) is 0 Å². The van der Waals surface area contributed by atoms with Gasteiger partial charge in [0.05, 0.1) is 10.5 Å². The molecular weight excluding hydrogens is 275 g/mol. The van der Waals surface area contributed by atoms with Gasteiger partial charge in [0.2, 0.25) is 0 Å². The van der Waals surface area contributed by atoms with Crippen molar-refractivity contribution in [2.75, 3.05) is 5.88 Å². The highest BCUT2D eigenvalue weighted by Gasteiger charge is 2.28. The number of hydrogen-bond donors (Lipinski definition) is 1. The van der Waals surface area contributed by atoms with E-state index in [4.69, 9.17) is 11.6 Å². The Balaban J connectivity index is 3.12. The van der Waals surface area contributed by atoms with Crippen molar-refractivity contribution < 1.29 is 14.1 Å². The predicted octanol–water partition coefficient (Wildman–Crippen LogP) is 2.87. The number of nitrogens with one attached hydrogen (secondary N) is 1. The monoisotopic (exact) mass is 288 g/mol. The standard InChI is InChI=1S/C12H14ClFN2O3/c1-3-12(2,7-13)15-11(17)9-6-8(14)4-5-10(9)16(18)19/h4-6H,3,7H2,1-2H3,(H,15,17). The van der Waals surface area contributed by atoms with Crippen LogP contribution < -0.4 is 5.32 Å². The molecule has 0 radical (unpaired) electrons. The normalized spacial score (nSPS) is 13.7. The largest absolute Gasteiger partial charge is 0.345 e. The van der Waals surface area contributed by atoms with Crippen molar-refractivity contribution >= 4 is 23.2 Å². The molecule has 0 saturated carbocycles. The average Bonchev–Trinajstić information content (AvgIpc) is 2.38. The highest BCUT2D eigenvalue weighted by Crippen LogP contribution is 2.21. The summed E-state index contributed by atoms with van der Waals surface area (Å²) in [6, 6.07) is 2.75. The molecule has 0 aliphatic heterocycles. The summed E-state index contributed by atoms with van der Waals surface area (Å²) in [5, 5.41) is 13.4. The molecule has 0 aliphatic carbocycles. The minimum Gasteiger partial charge on any atom is -0.345 e. The second-order valence-corrected chi connectivity index (χ2v) is 4.69. The van der Waals surface area contributed by atoms with E-state index in [9.17, 15) is 19.3 Å². The molecule has 0 bridgehead atoms. The quantitative estimate of drug-likeness (QED) is 0.514. The summed E-state index contributed by atoms with van der Waals surface area (Å²) in [4.78, 5) is 22.1. The molecule has 1 unspecified atom stereocenters. The van der Waals surface area contributed by atoms with Crippen molar-refractivity contribution in [3.63, 3.8) is 0 Å². The number of benzene rings is 1. The van der Waals surface area contributed by atoms with Gasteiger partial charge >= 0.3 is 0 Å². The van der Waals surface area contributed by atoms with E-state index in [1.165, 1.54) is 0 Å². The topological polar surface area (TPSA) is 72.2 Å². The zero-order valence-corrected chi connectivity index (χ0v) is 11.3. The Labute approximate surface area is 114 Å². The predicted molar refractivity (Wildman–Crippen MR) is 69.9 cm³/mol. The van der Waals surface area contributed by atoms with Gasteiger partial charge in [-0.2, -0.15) is 0 Å². The van der Waals surface area contributed by atoms with Crippen molar-refractivity contribution in [3.05, 3.63) is 39.7 Å². The van der Waals surface area contributed by atoms with E-state index >= 15 is 0 Å². The fourth-order valence-corrected chi connectivity index (χ4v) is 1.66. The van der Waals surface area contributed by atoms with Crippen molar-refractivity contribution in [2.45, 2.75) is 25.8 Å². The second kappa shape index (κ2) is 5.97. The maximum absolute atomic E-state index is 13.1. The summed E-state index contributed by atoms with van der Waals surface area (Å²) in [6.45, 7) is 3.53. The van der Waals surface area contributed by atoms with Crippen molar-refractivity contribution in [1.82, 2.24) is 5.32 Å². The summed E-state index contributed by atoms with van der Waals surface area (Å²) >= 11 is 5.75. The number of halogens is 2. The summed E-state index contributed by atoms with van der Waals surface area (Å²) in [5.41, 5.74) is -1.44. The molecule has 7 heteroatoms. The Morgan fingerprint density at radius 2 is 2.21 bits per heavy atom. The molecule has 1 N–H and O–H groups in total. The van der Waals surface area contributed by atoms with Gasteiger partial charge in [-0.05, 0) is 25.5 Å². The van der Waals surface area contributed by atoms with E-state index in [0.29, 0.717) is 6.42 Å². The Morgan fingerprint density at radius 3 is 2.68 bits per heavy atom. The molecule has 104 valence electrons. The van der Waals surface area contributed by atoms with E-state index in [2.05, 4.69) is 5.32 Å². The number of nitrogens with zero attached hydrogens (tertiary/aromatic N) is 1. The summed E-state index contributed by atoms with van der Waals surface area (Å²) in [6.07, 6.45) is 0.547. The molecule has 0 saturated heterocycles. The lowest BCUT2D eigenvalue weighted by Crippen LogP contribution is -2.47. The van der Waals surface area contributed by atoms with Crippen LogP contribution >= 0.6 is 11.6 Å². The molecule has 0 spiro atoms. The summed E-state index contributed by atoms with van der Waals surface area (Å²) < 4.78 is 13.1. The lowest BCUT2D eigenvalue weighted by atomic mass is 10.0. The molecule has 5 nitrogen and oxygen atoms in total. The van der Waals surface area contributed by atoms with Gasteiger partial charge < -0.3 is 5.32 Å². The van der Waals surface area contributed by atoms with Gasteiger partial charge in [-0.3, -0.25) is 14.9 Å². The van der Waals surface area contributed by atoms with Crippen LogP contribution in [0.15, 0.2) is 18.2 Å². The smallest absolute Gasteiger partial charge is 0.282 e. The molecule has 1 amide bonds. The van der Waals surface area contributed by atoms with E-state index in [1.807, 2.05) is 6.92 Å². The Kier molecular flexibility index (Phi) is 4.83. The van der Waals surface area contributed by atoms with Crippen LogP contribution in [0.25, 0.3) is 0 Å². The van der Waals surface area contributed by atoms with E-state index < -0.39 is 27.9 Å². The molecule has 0 aromatic heterocycles. The van der Waals surface area contributed by atoms with Gasteiger partial charge in [-0.25, -0.2) is 4.39 Å². The lowest BCUT2D eigenvalue weighted by molar-refractivity contribution is -0.385. The third kappa shape index (κ3) is 3.64. The first-order chi connectivity index (χ1) is 8.83. The zero-order valence-electron chi connectivity index (χ0n) is 10.6. The summed E-state index contributed by atoms with van der Waals surface area (Å²) in [5.74, 6) is -1.27. The second-order valence-electron chi connectivity index (χ2n) is 4.42. The molecular formula is C12H14ClFN2O3. The number of nitro benzene ring substituents is 1. The van der Waals surface area contributed by atoms with Crippen molar-refractivity contribution in [2.24, 2.45) is 0 Å². The molecule has 0 fully saturated rings. The van der Waals surface area contributed by atoms with Crippen molar-refractivity contribution in [1.29, 1.82) is 0 Å². The number of nitro groups is 1. The number of alkyl halides is 1. The number of carbonyl (C=O) groups is 1. The van der Waals surface area contributed by atoms with Crippen LogP contribution in [0.3, 0.4) is 0 Å². The number of hydrogen-bond acceptors (Lipinski definition) is 3. The first kappa shape index (κ1) is 15.4. The fraction of sp³-hybridized carbons (Fsp3) is 0.417. The molecule has 1 aromatic carbocycles. The van der Waals surface area contributed by atoms with E-state index in [0.717, 1.165) is 18.2 Å². The van der Waals surface area contributed by atoms with Crippen LogP contribution in [0.5, 0.6) is 0 Å². The van der Waals surface area contributed by atoms with Gasteiger partial charge in [0, 0.05) is 11.9 Å². The van der Waals surface area contributed by atoms with Crippen LogP contribution in [0.2, 0.25) is 0 Å². The van der Waals surface area contributed by atoms with Crippen LogP contribution in [0.1, 0.15) is 30.6 Å². The van der Waals surface area contributed by atoms with E-state index in [-0.39, 0.29) is 11.4 Å². The average molecular weight is 289 g/mol. The fourth-order valence-electron chi connectivity index (χ4n) is 1.41. The van der Waals surface area contributed by atoms with Gasteiger partial charge in [0.1, 0.15) is 11.4 Å². The number of rotatable bonds is 5. The highest BCUT2D eigenvalue weighted by atomic mass is 35.5. The van der Waals surface area contributed by atoms with Crippen LogP contribution in [-0.2, 0) is 0 Å². The molecule has 19 heavy (non-hydrogen) atoms. The van der Waals surface area contributed by atoms with Gasteiger partial charge in [0.25, 0.3) is 11.6 Å².